The summed E-state index contributed by atoms with van der Waals surface area (Å²) in [6, 6.07) is 0.270. The maximum atomic E-state index is 12.6. The molecule has 0 aromatic carbocycles. The number of aromatic nitrogens is 2. The lowest BCUT2D eigenvalue weighted by Gasteiger charge is -2.34. The lowest BCUT2D eigenvalue weighted by Crippen LogP contribution is -2.45. The van der Waals surface area contributed by atoms with Gasteiger partial charge in [-0.25, -0.2) is 0 Å². The number of rotatable bonds is 5. The summed E-state index contributed by atoms with van der Waals surface area (Å²) < 4.78 is 13.3. The lowest BCUT2D eigenvalue weighted by molar-refractivity contribution is -0.146. The molecule has 1 amide bonds. The first-order valence-corrected chi connectivity index (χ1v) is 8.66. The number of nitrogens with zero attached hydrogens (tertiary/aromatic N) is 3. The summed E-state index contributed by atoms with van der Waals surface area (Å²) in [5.74, 6) is 0.0802. The van der Waals surface area contributed by atoms with Crippen LogP contribution in [0, 0.1) is 6.92 Å². The highest BCUT2D eigenvalue weighted by Gasteiger charge is 2.29. The van der Waals surface area contributed by atoms with Gasteiger partial charge in [0, 0.05) is 25.9 Å². The summed E-state index contributed by atoms with van der Waals surface area (Å²) in [4.78, 5) is 14.5. The first-order valence-electron chi connectivity index (χ1n) is 8.66. The molecular weight excluding hydrogens is 294 g/mol. The van der Waals surface area contributed by atoms with Gasteiger partial charge in [0.05, 0.1) is 24.9 Å². The van der Waals surface area contributed by atoms with Gasteiger partial charge in [-0.15, -0.1) is 0 Å². The van der Waals surface area contributed by atoms with Gasteiger partial charge in [0.2, 0.25) is 0 Å². The van der Waals surface area contributed by atoms with E-state index in [1.165, 1.54) is 0 Å². The van der Waals surface area contributed by atoms with Crippen LogP contribution >= 0.6 is 0 Å². The number of carbonyl (C=O) groups excluding carboxylic acids is 1. The Labute approximate surface area is 137 Å². The van der Waals surface area contributed by atoms with Gasteiger partial charge in [-0.3, -0.25) is 9.48 Å². The monoisotopic (exact) mass is 321 g/mol. The van der Waals surface area contributed by atoms with E-state index in [1.54, 1.807) is 0 Å². The molecule has 0 spiro atoms. The second-order valence-corrected chi connectivity index (χ2v) is 6.69. The molecular formula is C17H27N3O3. The van der Waals surface area contributed by atoms with Crippen LogP contribution in [0.15, 0.2) is 12.4 Å². The summed E-state index contributed by atoms with van der Waals surface area (Å²) in [5.41, 5.74) is 1.15. The molecule has 0 N–H and O–H groups in total. The molecule has 3 unspecified atom stereocenters. The van der Waals surface area contributed by atoms with Crippen LogP contribution in [0.4, 0.5) is 0 Å². The Morgan fingerprint density at radius 3 is 3.04 bits per heavy atom. The van der Waals surface area contributed by atoms with Gasteiger partial charge in [-0.1, -0.05) is 0 Å². The third kappa shape index (κ3) is 4.12. The minimum absolute atomic E-state index is 0.0802. The zero-order chi connectivity index (χ0) is 16.2. The van der Waals surface area contributed by atoms with E-state index in [-0.39, 0.29) is 18.1 Å². The van der Waals surface area contributed by atoms with E-state index in [1.807, 2.05) is 29.6 Å². The van der Waals surface area contributed by atoms with Crippen LogP contribution in [-0.2, 0) is 14.3 Å². The maximum Gasteiger partial charge on any atom is 0.251 e. The molecule has 0 saturated carbocycles. The number of amides is 1. The standard InChI is InChI=1S/C17H27N3O3/c1-13-9-18-20(10-13)15-5-3-7-19(11-15)17(21)14(2)23-12-16-6-4-8-22-16/h9-10,14-16H,3-8,11-12H2,1-2H3. The predicted molar refractivity (Wildman–Crippen MR) is 86.2 cm³/mol. The number of hydrogen-bond acceptors (Lipinski definition) is 4. The predicted octanol–water partition coefficient (Wildman–Crippen LogP) is 1.94. The largest absolute Gasteiger partial charge is 0.376 e. The topological polar surface area (TPSA) is 56.6 Å². The van der Waals surface area contributed by atoms with E-state index < -0.39 is 6.10 Å². The first kappa shape index (κ1) is 16.5. The van der Waals surface area contributed by atoms with Crippen molar-refractivity contribution in [3.05, 3.63) is 18.0 Å². The number of carbonyl (C=O) groups is 1. The lowest BCUT2D eigenvalue weighted by atomic mass is 10.1. The van der Waals surface area contributed by atoms with Crippen molar-refractivity contribution in [1.82, 2.24) is 14.7 Å². The maximum absolute atomic E-state index is 12.6. The number of aryl methyl sites for hydroxylation is 1. The van der Waals surface area contributed by atoms with Crippen molar-refractivity contribution >= 4 is 5.91 Å². The molecule has 2 aliphatic heterocycles. The average Bonchev–Trinajstić information content (AvgIpc) is 3.23. The van der Waals surface area contributed by atoms with E-state index in [0.29, 0.717) is 13.2 Å². The minimum Gasteiger partial charge on any atom is -0.376 e. The smallest absolute Gasteiger partial charge is 0.251 e. The highest BCUT2D eigenvalue weighted by atomic mass is 16.5. The first-order chi connectivity index (χ1) is 11.1. The van der Waals surface area contributed by atoms with E-state index >= 15 is 0 Å². The molecule has 23 heavy (non-hydrogen) atoms. The third-order valence-electron chi connectivity index (χ3n) is 4.72. The van der Waals surface area contributed by atoms with E-state index in [0.717, 1.165) is 44.4 Å². The molecule has 0 bridgehead atoms. The summed E-state index contributed by atoms with van der Waals surface area (Å²) in [6.45, 7) is 6.74. The van der Waals surface area contributed by atoms with E-state index in [4.69, 9.17) is 9.47 Å². The van der Waals surface area contributed by atoms with Gasteiger partial charge in [0.15, 0.2) is 0 Å². The number of likely N-dealkylation sites (tertiary alicyclic amines) is 1. The van der Waals surface area contributed by atoms with Crippen LogP contribution in [0.25, 0.3) is 0 Å². The summed E-state index contributed by atoms with van der Waals surface area (Å²) >= 11 is 0. The SMILES string of the molecule is Cc1cnn(C2CCCN(C(=O)C(C)OCC3CCCO3)C2)c1. The van der Waals surface area contributed by atoms with Crippen LogP contribution in [0.3, 0.4) is 0 Å². The second-order valence-electron chi connectivity index (χ2n) is 6.69. The van der Waals surface area contributed by atoms with Crippen LogP contribution < -0.4 is 0 Å². The Morgan fingerprint density at radius 2 is 2.35 bits per heavy atom. The van der Waals surface area contributed by atoms with Crippen molar-refractivity contribution in [1.29, 1.82) is 0 Å². The molecule has 0 radical (unpaired) electrons. The normalized spacial score (nSPS) is 26.4. The average molecular weight is 321 g/mol. The Bertz CT molecular complexity index is 525. The molecule has 6 heteroatoms. The highest BCUT2D eigenvalue weighted by molar-refractivity contribution is 5.80. The van der Waals surface area contributed by atoms with Crippen molar-refractivity contribution < 1.29 is 14.3 Å². The fraction of sp³-hybridized carbons (Fsp3) is 0.765. The molecule has 3 heterocycles. The van der Waals surface area contributed by atoms with Crippen molar-refractivity contribution in [2.75, 3.05) is 26.3 Å². The Hall–Kier alpha value is -1.40. The van der Waals surface area contributed by atoms with Crippen molar-refractivity contribution in [2.45, 2.75) is 57.8 Å². The number of hydrogen-bond donors (Lipinski definition) is 0. The fourth-order valence-corrected chi connectivity index (χ4v) is 3.36. The fourth-order valence-electron chi connectivity index (χ4n) is 3.36. The second kappa shape index (κ2) is 7.45. The zero-order valence-electron chi connectivity index (χ0n) is 14.1. The zero-order valence-corrected chi connectivity index (χ0v) is 14.1. The summed E-state index contributed by atoms with van der Waals surface area (Å²) in [6.07, 6.45) is 7.87. The quantitative estimate of drug-likeness (QED) is 0.831. The molecule has 6 nitrogen and oxygen atoms in total. The molecule has 2 saturated heterocycles. The Balaban J connectivity index is 1.51. The van der Waals surface area contributed by atoms with Crippen molar-refractivity contribution in [3.63, 3.8) is 0 Å². The molecule has 1 aromatic heterocycles. The van der Waals surface area contributed by atoms with Gasteiger partial charge in [-0.05, 0) is 45.1 Å². The van der Waals surface area contributed by atoms with Crippen LogP contribution in [0.5, 0.6) is 0 Å². The van der Waals surface area contributed by atoms with Crippen LogP contribution in [0.1, 0.15) is 44.2 Å². The molecule has 128 valence electrons. The van der Waals surface area contributed by atoms with Gasteiger partial charge < -0.3 is 14.4 Å². The molecule has 3 rings (SSSR count). The number of ether oxygens (including phenoxy) is 2. The molecule has 2 fully saturated rings. The molecule has 3 atom stereocenters. The summed E-state index contributed by atoms with van der Waals surface area (Å²) in [5, 5.41) is 4.40. The van der Waals surface area contributed by atoms with E-state index in [9.17, 15) is 4.79 Å². The van der Waals surface area contributed by atoms with Crippen molar-refractivity contribution in [2.24, 2.45) is 0 Å². The highest BCUT2D eigenvalue weighted by Crippen LogP contribution is 2.22. The number of piperidine rings is 1. The molecule has 2 aliphatic rings. The Morgan fingerprint density at radius 1 is 1.48 bits per heavy atom. The van der Waals surface area contributed by atoms with Crippen LogP contribution in [-0.4, -0.2) is 59.1 Å². The van der Waals surface area contributed by atoms with E-state index in [2.05, 4.69) is 11.3 Å². The van der Waals surface area contributed by atoms with Gasteiger partial charge >= 0.3 is 0 Å². The van der Waals surface area contributed by atoms with Gasteiger partial charge in [-0.2, -0.15) is 5.10 Å². The van der Waals surface area contributed by atoms with Gasteiger partial charge in [0.25, 0.3) is 5.91 Å². The summed E-state index contributed by atoms with van der Waals surface area (Å²) in [7, 11) is 0. The Kier molecular flexibility index (Phi) is 5.33. The molecule has 1 aromatic rings. The molecule has 0 aliphatic carbocycles. The van der Waals surface area contributed by atoms with Crippen LogP contribution in [0.2, 0.25) is 0 Å². The van der Waals surface area contributed by atoms with Crippen molar-refractivity contribution in [3.8, 4) is 0 Å². The minimum atomic E-state index is -0.405. The third-order valence-corrected chi connectivity index (χ3v) is 4.72. The van der Waals surface area contributed by atoms with Gasteiger partial charge in [0.1, 0.15) is 6.10 Å².